The lowest BCUT2D eigenvalue weighted by molar-refractivity contribution is -0.149. The van der Waals surface area contributed by atoms with Crippen molar-refractivity contribution in [3.8, 4) is 0 Å². The number of alkyl halides is 3. The Balaban J connectivity index is 2.35. The van der Waals surface area contributed by atoms with E-state index in [0.29, 0.717) is 24.9 Å². The first kappa shape index (κ1) is 12.8. The number of piperidine rings is 1. The van der Waals surface area contributed by atoms with Crippen molar-refractivity contribution in [1.82, 2.24) is 4.90 Å². The highest BCUT2D eigenvalue weighted by Crippen LogP contribution is 2.25. The van der Waals surface area contributed by atoms with Gasteiger partial charge in [0, 0.05) is 6.54 Å². The number of halogens is 3. The molecule has 4 heteroatoms. The molecule has 0 aromatic carbocycles. The fourth-order valence-electron chi connectivity index (χ4n) is 2.41. The fraction of sp³-hybridized carbons (Fsp3) is 1.00. The van der Waals surface area contributed by atoms with Gasteiger partial charge in [-0.3, -0.25) is 4.90 Å². The number of hydrogen-bond acceptors (Lipinski definition) is 1. The second-order valence-electron chi connectivity index (χ2n) is 4.99. The molecule has 15 heavy (non-hydrogen) atoms. The van der Waals surface area contributed by atoms with Gasteiger partial charge in [0.25, 0.3) is 0 Å². The topological polar surface area (TPSA) is 3.24 Å². The molecule has 1 atom stereocenters. The van der Waals surface area contributed by atoms with Crippen LogP contribution in [-0.2, 0) is 0 Å². The molecule has 1 saturated heterocycles. The van der Waals surface area contributed by atoms with Gasteiger partial charge >= 0.3 is 6.18 Å². The van der Waals surface area contributed by atoms with Crippen LogP contribution in [0.4, 0.5) is 13.2 Å². The predicted molar refractivity (Wildman–Crippen MR) is 54.7 cm³/mol. The fourth-order valence-corrected chi connectivity index (χ4v) is 2.41. The molecule has 1 aliphatic heterocycles. The van der Waals surface area contributed by atoms with Crippen molar-refractivity contribution in [3.63, 3.8) is 0 Å². The molecule has 0 aromatic rings. The zero-order valence-corrected chi connectivity index (χ0v) is 9.48. The molecule has 0 aromatic heterocycles. The van der Waals surface area contributed by atoms with Crippen LogP contribution in [0, 0.1) is 11.8 Å². The van der Waals surface area contributed by atoms with E-state index in [1.807, 2.05) is 0 Å². The molecule has 0 N–H and O–H groups in total. The first-order chi connectivity index (χ1) is 6.87. The molecule has 90 valence electrons. The monoisotopic (exact) mass is 223 g/mol. The third kappa shape index (κ3) is 5.40. The summed E-state index contributed by atoms with van der Waals surface area (Å²) in [7, 11) is 0. The van der Waals surface area contributed by atoms with Crippen LogP contribution in [0.2, 0.25) is 0 Å². The summed E-state index contributed by atoms with van der Waals surface area (Å²) in [6, 6.07) is 0. The SMILES string of the molecule is CC(C)CC1CCCN(CC(F)(F)F)C1. The lowest BCUT2D eigenvalue weighted by Crippen LogP contribution is -2.41. The van der Waals surface area contributed by atoms with Gasteiger partial charge in [-0.2, -0.15) is 13.2 Å². The van der Waals surface area contributed by atoms with Crippen LogP contribution in [0.25, 0.3) is 0 Å². The van der Waals surface area contributed by atoms with Crippen LogP contribution >= 0.6 is 0 Å². The molecular weight excluding hydrogens is 203 g/mol. The van der Waals surface area contributed by atoms with Crippen molar-refractivity contribution in [3.05, 3.63) is 0 Å². The Labute approximate surface area is 89.6 Å². The van der Waals surface area contributed by atoms with E-state index in [0.717, 1.165) is 19.3 Å². The van der Waals surface area contributed by atoms with Gasteiger partial charge in [0.2, 0.25) is 0 Å². The van der Waals surface area contributed by atoms with E-state index in [9.17, 15) is 13.2 Å². The Bertz CT molecular complexity index is 189. The van der Waals surface area contributed by atoms with E-state index >= 15 is 0 Å². The molecule has 1 rings (SSSR count). The standard InChI is InChI=1S/C11H20F3N/c1-9(2)6-10-4-3-5-15(7-10)8-11(12,13)14/h9-10H,3-8H2,1-2H3. The average Bonchev–Trinajstić information content (AvgIpc) is 1.99. The van der Waals surface area contributed by atoms with Crippen LogP contribution < -0.4 is 0 Å². The second kappa shape index (κ2) is 5.19. The molecule has 0 saturated carbocycles. The maximum Gasteiger partial charge on any atom is 0.401 e. The second-order valence-corrected chi connectivity index (χ2v) is 4.99. The van der Waals surface area contributed by atoms with Gasteiger partial charge in [0.05, 0.1) is 6.54 Å². The molecule has 1 nitrogen and oxygen atoms in total. The maximum absolute atomic E-state index is 12.2. The summed E-state index contributed by atoms with van der Waals surface area (Å²) in [5.41, 5.74) is 0. The van der Waals surface area contributed by atoms with Gasteiger partial charge in [0.1, 0.15) is 0 Å². The van der Waals surface area contributed by atoms with Gasteiger partial charge in [-0.25, -0.2) is 0 Å². The van der Waals surface area contributed by atoms with E-state index in [1.165, 1.54) is 0 Å². The van der Waals surface area contributed by atoms with Crippen LogP contribution in [0.1, 0.15) is 33.1 Å². The zero-order valence-electron chi connectivity index (χ0n) is 9.48. The van der Waals surface area contributed by atoms with Gasteiger partial charge in [-0.1, -0.05) is 13.8 Å². The van der Waals surface area contributed by atoms with Crippen LogP contribution in [-0.4, -0.2) is 30.7 Å². The van der Waals surface area contributed by atoms with Crippen molar-refractivity contribution in [2.75, 3.05) is 19.6 Å². The minimum absolute atomic E-state index is 0.459. The third-order valence-corrected chi connectivity index (χ3v) is 2.81. The maximum atomic E-state index is 12.2. The molecule has 0 aliphatic carbocycles. The first-order valence-corrected chi connectivity index (χ1v) is 5.66. The van der Waals surface area contributed by atoms with E-state index in [2.05, 4.69) is 13.8 Å². The first-order valence-electron chi connectivity index (χ1n) is 5.66. The summed E-state index contributed by atoms with van der Waals surface area (Å²) < 4.78 is 36.6. The Morgan fingerprint density at radius 2 is 2.00 bits per heavy atom. The quantitative estimate of drug-likeness (QED) is 0.709. The lowest BCUT2D eigenvalue weighted by Gasteiger charge is -2.33. The summed E-state index contributed by atoms with van der Waals surface area (Å²) in [6.45, 7) is 4.75. The molecule has 1 unspecified atom stereocenters. The average molecular weight is 223 g/mol. The summed E-state index contributed by atoms with van der Waals surface area (Å²) >= 11 is 0. The van der Waals surface area contributed by atoms with E-state index in [-0.39, 0.29) is 0 Å². The van der Waals surface area contributed by atoms with Crippen LogP contribution in [0.3, 0.4) is 0 Å². The molecule has 1 heterocycles. The van der Waals surface area contributed by atoms with Gasteiger partial charge in [0.15, 0.2) is 0 Å². The summed E-state index contributed by atoms with van der Waals surface area (Å²) in [5, 5.41) is 0. The molecule has 0 radical (unpaired) electrons. The van der Waals surface area contributed by atoms with Crippen LogP contribution in [0.5, 0.6) is 0 Å². The molecular formula is C11H20F3N. The summed E-state index contributed by atoms with van der Waals surface area (Å²) in [5.74, 6) is 1.04. The Kier molecular flexibility index (Phi) is 4.44. The van der Waals surface area contributed by atoms with Gasteiger partial charge in [-0.15, -0.1) is 0 Å². The largest absolute Gasteiger partial charge is 0.401 e. The van der Waals surface area contributed by atoms with Crippen molar-refractivity contribution in [2.45, 2.75) is 39.3 Å². The van der Waals surface area contributed by atoms with Crippen molar-refractivity contribution >= 4 is 0 Å². The molecule has 0 amide bonds. The van der Waals surface area contributed by atoms with Crippen LogP contribution in [0.15, 0.2) is 0 Å². The predicted octanol–water partition coefficient (Wildman–Crippen LogP) is 3.31. The minimum atomic E-state index is -4.04. The molecule has 1 aliphatic rings. The normalized spacial score (nSPS) is 24.8. The van der Waals surface area contributed by atoms with E-state index in [4.69, 9.17) is 0 Å². The summed E-state index contributed by atoms with van der Waals surface area (Å²) in [4.78, 5) is 1.55. The highest BCUT2D eigenvalue weighted by atomic mass is 19.4. The highest BCUT2D eigenvalue weighted by Gasteiger charge is 2.32. The van der Waals surface area contributed by atoms with Crippen molar-refractivity contribution < 1.29 is 13.2 Å². The van der Waals surface area contributed by atoms with Gasteiger partial charge < -0.3 is 0 Å². The molecule has 0 bridgehead atoms. The highest BCUT2D eigenvalue weighted by molar-refractivity contribution is 4.75. The van der Waals surface area contributed by atoms with E-state index in [1.54, 1.807) is 4.90 Å². The summed E-state index contributed by atoms with van der Waals surface area (Å²) in [6.07, 6.45) is -0.992. The smallest absolute Gasteiger partial charge is 0.295 e. The Morgan fingerprint density at radius 3 is 2.53 bits per heavy atom. The van der Waals surface area contributed by atoms with Crippen molar-refractivity contribution in [1.29, 1.82) is 0 Å². The molecule has 0 spiro atoms. The lowest BCUT2D eigenvalue weighted by atomic mass is 9.90. The van der Waals surface area contributed by atoms with Gasteiger partial charge in [-0.05, 0) is 37.6 Å². The van der Waals surface area contributed by atoms with Crippen molar-refractivity contribution in [2.24, 2.45) is 11.8 Å². The Hall–Kier alpha value is -0.250. The number of hydrogen-bond donors (Lipinski definition) is 0. The minimum Gasteiger partial charge on any atom is -0.295 e. The third-order valence-electron chi connectivity index (χ3n) is 2.81. The number of rotatable bonds is 3. The number of likely N-dealkylation sites (tertiary alicyclic amines) is 1. The molecule has 1 fully saturated rings. The Morgan fingerprint density at radius 1 is 1.33 bits per heavy atom. The number of nitrogens with zero attached hydrogens (tertiary/aromatic N) is 1. The zero-order chi connectivity index (χ0) is 11.5. The van der Waals surface area contributed by atoms with E-state index < -0.39 is 12.7 Å².